The minimum absolute atomic E-state index is 0.111. The van der Waals surface area contributed by atoms with Crippen LogP contribution in [0.25, 0.3) is 0 Å². The van der Waals surface area contributed by atoms with E-state index in [1.54, 1.807) is 12.3 Å². The first kappa shape index (κ1) is 13.4. The lowest BCUT2D eigenvalue weighted by molar-refractivity contribution is 0.295. The van der Waals surface area contributed by atoms with E-state index in [9.17, 15) is 8.42 Å². The van der Waals surface area contributed by atoms with Crippen LogP contribution in [0.2, 0.25) is 0 Å². The number of halogens is 1. The number of aliphatic hydroxyl groups is 1. The van der Waals surface area contributed by atoms with Crippen LogP contribution >= 0.6 is 15.9 Å². The van der Waals surface area contributed by atoms with Crippen LogP contribution in [0.3, 0.4) is 0 Å². The molecule has 2 N–H and O–H groups in total. The van der Waals surface area contributed by atoms with E-state index >= 15 is 0 Å². The maximum Gasteiger partial charge on any atom is 0.233 e. The first-order valence-corrected chi connectivity index (χ1v) is 7.12. The minimum atomic E-state index is -3.41. The van der Waals surface area contributed by atoms with E-state index in [0.29, 0.717) is 5.82 Å². The third-order valence-corrected chi connectivity index (χ3v) is 4.05. The van der Waals surface area contributed by atoms with E-state index in [1.165, 1.54) is 0 Å². The maximum absolute atomic E-state index is 11.5. The highest BCUT2D eigenvalue weighted by atomic mass is 79.9. The van der Waals surface area contributed by atoms with Crippen LogP contribution in [0, 0.1) is 6.92 Å². The SMILES string of the molecule is Cc1cc(NS(=O)(=O)CCCO)ncc1Br. The molecule has 0 saturated heterocycles. The largest absolute Gasteiger partial charge is 0.396 e. The predicted molar refractivity (Wildman–Crippen MR) is 65.8 cm³/mol. The highest BCUT2D eigenvalue weighted by molar-refractivity contribution is 9.10. The summed E-state index contributed by atoms with van der Waals surface area (Å²) in [7, 11) is -3.41. The van der Waals surface area contributed by atoms with Crippen LogP contribution in [-0.2, 0) is 10.0 Å². The monoisotopic (exact) mass is 308 g/mol. The molecule has 0 saturated carbocycles. The zero-order chi connectivity index (χ0) is 12.2. The lowest BCUT2D eigenvalue weighted by Gasteiger charge is -2.07. The average molecular weight is 309 g/mol. The van der Waals surface area contributed by atoms with E-state index in [0.717, 1.165) is 10.0 Å². The van der Waals surface area contributed by atoms with E-state index in [4.69, 9.17) is 5.11 Å². The van der Waals surface area contributed by atoms with E-state index in [-0.39, 0.29) is 18.8 Å². The molecule has 0 aromatic carbocycles. The summed E-state index contributed by atoms with van der Waals surface area (Å²) in [6.07, 6.45) is 1.75. The van der Waals surface area contributed by atoms with Crippen LogP contribution in [0.1, 0.15) is 12.0 Å². The van der Waals surface area contributed by atoms with E-state index < -0.39 is 10.0 Å². The van der Waals surface area contributed by atoms with Gasteiger partial charge in [-0.15, -0.1) is 0 Å². The number of pyridine rings is 1. The molecule has 16 heavy (non-hydrogen) atoms. The van der Waals surface area contributed by atoms with Crippen molar-refractivity contribution < 1.29 is 13.5 Å². The number of aliphatic hydroxyl groups excluding tert-OH is 1. The summed E-state index contributed by atoms with van der Waals surface area (Å²) >= 11 is 3.28. The fourth-order valence-corrected chi connectivity index (χ4v) is 2.32. The molecule has 0 radical (unpaired) electrons. The minimum Gasteiger partial charge on any atom is -0.396 e. The van der Waals surface area contributed by atoms with Gasteiger partial charge in [0.1, 0.15) is 5.82 Å². The summed E-state index contributed by atoms with van der Waals surface area (Å²) in [5, 5.41) is 8.56. The van der Waals surface area contributed by atoms with Crippen molar-refractivity contribution in [3.63, 3.8) is 0 Å². The summed E-state index contributed by atoms with van der Waals surface area (Å²) in [5.41, 5.74) is 0.898. The normalized spacial score (nSPS) is 11.4. The number of hydrogen-bond acceptors (Lipinski definition) is 4. The van der Waals surface area contributed by atoms with Gasteiger partial charge in [-0.2, -0.15) is 0 Å². The second-order valence-corrected chi connectivity index (χ2v) is 6.01. The molecule has 0 unspecified atom stereocenters. The molecule has 1 aromatic rings. The molecule has 90 valence electrons. The van der Waals surface area contributed by atoms with Crippen molar-refractivity contribution in [1.82, 2.24) is 4.98 Å². The standard InChI is InChI=1S/C9H13BrN2O3S/c1-7-5-9(11-6-8(7)10)12-16(14,15)4-2-3-13/h5-6,13H,2-4H2,1H3,(H,11,12). The predicted octanol–water partition coefficient (Wildman–Crippen LogP) is 1.28. The Morgan fingerprint density at radius 1 is 1.56 bits per heavy atom. The van der Waals surface area contributed by atoms with Gasteiger partial charge in [0.2, 0.25) is 10.0 Å². The highest BCUT2D eigenvalue weighted by Gasteiger charge is 2.10. The lowest BCUT2D eigenvalue weighted by atomic mass is 10.3. The summed E-state index contributed by atoms with van der Waals surface area (Å²) in [5.74, 6) is 0.180. The van der Waals surface area contributed by atoms with Crippen LogP contribution in [0.5, 0.6) is 0 Å². The van der Waals surface area contributed by atoms with Gasteiger partial charge < -0.3 is 5.11 Å². The summed E-state index contributed by atoms with van der Waals surface area (Å²) in [6, 6.07) is 1.64. The Kier molecular flexibility index (Phi) is 4.69. The zero-order valence-corrected chi connectivity index (χ0v) is 11.2. The van der Waals surface area contributed by atoms with Gasteiger partial charge in [0.25, 0.3) is 0 Å². The summed E-state index contributed by atoms with van der Waals surface area (Å²) < 4.78 is 26.1. The molecule has 0 aliphatic carbocycles. The smallest absolute Gasteiger partial charge is 0.233 e. The topological polar surface area (TPSA) is 79.3 Å². The molecule has 0 amide bonds. The molecule has 1 heterocycles. The Morgan fingerprint density at radius 3 is 2.81 bits per heavy atom. The van der Waals surface area contributed by atoms with Gasteiger partial charge in [-0.3, -0.25) is 4.72 Å². The van der Waals surface area contributed by atoms with Gasteiger partial charge in [-0.05, 0) is 40.9 Å². The van der Waals surface area contributed by atoms with Crippen molar-refractivity contribution in [2.75, 3.05) is 17.1 Å². The number of nitrogens with zero attached hydrogens (tertiary/aromatic N) is 1. The molecular formula is C9H13BrN2O3S. The molecule has 0 atom stereocenters. The molecular weight excluding hydrogens is 296 g/mol. The number of anilines is 1. The zero-order valence-electron chi connectivity index (χ0n) is 8.77. The fourth-order valence-electron chi connectivity index (χ4n) is 1.06. The Hall–Kier alpha value is -0.660. The Labute approximate surface area is 103 Å². The molecule has 0 aliphatic rings. The molecule has 1 rings (SSSR count). The maximum atomic E-state index is 11.5. The number of rotatable bonds is 5. The van der Waals surface area contributed by atoms with Gasteiger partial charge in [0.15, 0.2) is 0 Å². The first-order valence-electron chi connectivity index (χ1n) is 4.68. The molecule has 0 aliphatic heterocycles. The first-order chi connectivity index (χ1) is 7.44. The number of nitrogens with one attached hydrogen (secondary N) is 1. The molecule has 0 spiro atoms. The van der Waals surface area contributed by atoms with Crippen LogP contribution in [-0.4, -0.2) is 30.9 Å². The van der Waals surface area contributed by atoms with Crippen molar-refractivity contribution in [2.24, 2.45) is 0 Å². The Morgan fingerprint density at radius 2 is 2.25 bits per heavy atom. The molecule has 0 fully saturated rings. The van der Waals surface area contributed by atoms with Gasteiger partial charge >= 0.3 is 0 Å². The fraction of sp³-hybridized carbons (Fsp3) is 0.444. The highest BCUT2D eigenvalue weighted by Crippen LogP contribution is 2.17. The number of aromatic nitrogens is 1. The van der Waals surface area contributed by atoms with Gasteiger partial charge in [0.05, 0.1) is 5.75 Å². The van der Waals surface area contributed by atoms with Crippen molar-refractivity contribution >= 4 is 31.8 Å². The summed E-state index contributed by atoms with van der Waals surface area (Å²) in [4.78, 5) is 3.93. The molecule has 0 bridgehead atoms. The summed E-state index contributed by atoms with van der Waals surface area (Å²) in [6.45, 7) is 1.70. The van der Waals surface area contributed by atoms with Gasteiger partial charge in [-0.25, -0.2) is 13.4 Å². The van der Waals surface area contributed by atoms with E-state index in [2.05, 4.69) is 25.6 Å². The number of aryl methyl sites for hydroxylation is 1. The van der Waals surface area contributed by atoms with Crippen LogP contribution in [0.4, 0.5) is 5.82 Å². The van der Waals surface area contributed by atoms with Crippen molar-refractivity contribution in [3.05, 3.63) is 22.3 Å². The van der Waals surface area contributed by atoms with Crippen molar-refractivity contribution in [2.45, 2.75) is 13.3 Å². The lowest BCUT2D eigenvalue weighted by Crippen LogP contribution is -2.18. The van der Waals surface area contributed by atoms with Gasteiger partial charge in [0, 0.05) is 17.3 Å². The quantitative estimate of drug-likeness (QED) is 0.858. The van der Waals surface area contributed by atoms with Crippen LogP contribution < -0.4 is 4.72 Å². The molecule has 1 aromatic heterocycles. The molecule has 5 nitrogen and oxygen atoms in total. The second-order valence-electron chi connectivity index (χ2n) is 3.32. The Balaban J connectivity index is 2.76. The van der Waals surface area contributed by atoms with Crippen molar-refractivity contribution in [1.29, 1.82) is 0 Å². The van der Waals surface area contributed by atoms with Crippen molar-refractivity contribution in [3.8, 4) is 0 Å². The van der Waals surface area contributed by atoms with Crippen LogP contribution in [0.15, 0.2) is 16.7 Å². The Bertz CT molecular complexity index is 462. The third-order valence-electron chi connectivity index (χ3n) is 1.88. The second kappa shape index (κ2) is 5.60. The average Bonchev–Trinajstić information content (AvgIpc) is 2.20. The third kappa shape index (κ3) is 4.07. The van der Waals surface area contributed by atoms with Gasteiger partial charge in [-0.1, -0.05) is 0 Å². The number of hydrogen-bond donors (Lipinski definition) is 2. The molecule has 7 heteroatoms. The van der Waals surface area contributed by atoms with E-state index in [1.807, 2.05) is 6.92 Å². The number of sulfonamides is 1.